The fourth-order valence-electron chi connectivity index (χ4n) is 2.81. The summed E-state index contributed by atoms with van der Waals surface area (Å²) in [6, 6.07) is 5.98. The first-order chi connectivity index (χ1) is 13.5. The van der Waals surface area contributed by atoms with E-state index in [4.69, 9.17) is 4.74 Å². The number of benzene rings is 1. The van der Waals surface area contributed by atoms with Gasteiger partial charge in [-0.25, -0.2) is 9.37 Å². The number of rotatable bonds is 8. The number of fused-ring (bicyclic) bond motifs is 1. The monoisotopic (exact) mass is 423 g/mol. The van der Waals surface area contributed by atoms with Gasteiger partial charge in [0, 0.05) is 25.3 Å². The number of amides is 1. The Balaban J connectivity index is 1.66. The molecule has 9 heteroatoms. The van der Waals surface area contributed by atoms with Crippen molar-refractivity contribution in [3.63, 3.8) is 0 Å². The van der Waals surface area contributed by atoms with Crippen LogP contribution in [0.15, 0.2) is 39.1 Å². The van der Waals surface area contributed by atoms with Crippen molar-refractivity contribution < 1.29 is 13.9 Å². The molecule has 0 fully saturated rings. The molecule has 3 rings (SSSR count). The Labute approximate surface area is 171 Å². The zero-order chi connectivity index (χ0) is 20.1. The third-order valence-electron chi connectivity index (χ3n) is 4.22. The SMILES string of the molecule is COCCn1c(SCC(=O)NCc2ccc(F)cc2)nc2c(c1=O)S[C@H](C)C2. The Bertz CT molecular complexity index is 903. The Morgan fingerprint density at radius 3 is 2.89 bits per heavy atom. The first-order valence-electron chi connectivity index (χ1n) is 8.91. The molecule has 2 heterocycles. The lowest BCUT2D eigenvalue weighted by atomic mass is 10.2. The van der Waals surface area contributed by atoms with Crippen LogP contribution in [0.1, 0.15) is 18.2 Å². The van der Waals surface area contributed by atoms with Crippen LogP contribution in [-0.4, -0.2) is 40.2 Å². The highest BCUT2D eigenvalue weighted by Gasteiger charge is 2.26. The molecule has 1 amide bonds. The summed E-state index contributed by atoms with van der Waals surface area (Å²) < 4.78 is 19.6. The van der Waals surface area contributed by atoms with Crippen LogP contribution in [0.4, 0.5) is 4.39 Å². The van der Waals surface area contributed by atoms with Gasteiger partial charge in [0.1, 0.15) is 5.82 Å². The smallest absolute Gasteiger partial charge is 0.268 e. The largest absolute Gasteiger partial charge is 0.383 e. The topological polar surface area (TPSA) is 73.2 Å². The van der Waals surface area contributed by atoms with E-state index in [1.54, 1.807) is 35.6 Å². The van der Waals surface area contributed by atoms with Crippen molar-refractivity contribution >= 4 is 29.4 Å². The van der Waals surface area contributed by atoms with Crippen molar-refractivity contribution in [3.8, 4) is 0 Å². The summed E-state index contributed by atoms with van der Waals surface area (Å²) in [7, 11) is 1.58. The minimum absolute atomic E-state index is 0.0642. The molecule has 0 spiro atoms. The predicted molar refractivity (Wildman–Crippen MR) is 108 cm³/mol. The first-order valence-corrected chi connectivity index (χ1v) is 10.8. The second-order valence-electron chi connectivity index (χ2n) is 6.44. The van der Waals surface area contributed by atoms with E-state index in [1.165, 1.54) is 23.9 Å². The van der Waals surface area contributed by atoms with Crippen molar-refractivity contribution in [2.24, 2.45) is 0 Å². The number of methoxy groups -OCH3 is 1. The highest BCUT2D eigenvalue weighted by Crippen LogP contribution is 2.34. The number of carbonyl (C=O) groups excluding carboxylic acids is 1. The van der Waals surface area contributed by atoms with Crippen molar-refractivity contribution in [1.29, 1.82) is 0 Å². The zero-order valence-corrected chi connectivity index (χ0v) is 17.4. The number of nitrogens with zero attached hydrogens (tertiary/aromatic N) is 2. The zero-order valence-electron chi connectivity index (χ0n) is 15.7. The van der Waals surface area contributed by atoms with Gasteiger partial charge in [0.25, 0.3) is 5.56 Å². The van der Waals surface area contributed by atoms with Crippen LogP contribution in [0, 0.1) is 5.82 Å². The Hall–Kier alpha value is -1.84. The molecule has 1 atom stereocenters. The highest BCUT2D eigenvalue weighted by molar-refractivity contribution is 8.00. The van der Waals surface area contributed by atoms with Gasteiger partial charge in [0.15, 0.2) is 5.16 Å². The maximum Gasteiger partial charge on any atom is 0.268 e. The van der Waals surface area contributed by atoms with Crippen molar-refractivity contribution in [1.82, 2.24) is 14.9 Å². The van der Waals surface area contributed by atoms with Crippen molar-refractivity contribution in [2.45, 2.75) is 41.7 Å². The molecule has 150 valence electrons. The second-order valence-corrected chi connectivity index (χ2v) is 8.84. The lowest BCUT2D eigenvalue weighted by molar-refractivity contribution is -0.118. The molecule has 0 radical (unpaired) electrons. The number of ether oxygens (including phenoxy) is 1. The van der Waals surface area contributed by atoms with Gasteiger partial charge >= 0.3 is 0 Å². The van der Waals surface area contributed by atoms with Gasteiger partial charge in [-0.15, -0.1) is 11.8 Å². The molecule has 1 N–H and O–H groups in total. The molecule has 6 nitrogen and oxygen atoms in total. The first kappa shape index (κ1) is 20.9. The summed E-state index contributed by atoms with van der Waals surface area (Å²) in [5.41, 5.74) is 1.56. The molecule has 0 saturated carbocycles. The fraction of sp³-hybridized carbons (Fsp3) is 0.421. The number of carbonyl (C=O) groups is 1. The van der Waals surface area contributed by atoms with E-state index >= 15 is 0 Å². The quantitative estimate of drug-likeness (QED) is 0.520. The molecular weight excluding hydrogens is 401 g/mol. The van der Waals surface area contributed by atoms with Crippen LogP contribution < -0.4 is 10.9 Å². The predicted octanol–water partition coefficient (Wildman–Crippen LogP) is 2.47. The average Bonchev–Trinajstić information content (AvgIpc) is 3.06. The molecule has 0 saturated heterocycles. The molecule has 1 aliphatic rings. The van der Waals surface area contributed by atoms with Gasteiger partial charge in [0.05, 0.1) is 29.5 Å². The van der Waals surface area contributed by atoms with E-state index in [0.29, 0.717) is 35.0 Å². The van der Waals surface area contributed by atoms with Crippen LogP contribution in [0.5, 0.6) is 0 Å². The van der Waals surface area contributed by atoms with Gasteiger partial charge in [-0.05, 0) is 17.7 Å². The van der Waals surface area contributed by atoms with Crippen molar-refractivity contribution in [3.05, 3.63) is 51.7 Å². The van der Waals surface area contributed by atoms with Crippen LogP contribution in [0.3, 0.4) is 0 Å². The minimum atomic E-state index is -0.310. The van der Waals surface area contributed by atoms with Gasteiger partial charge in [0.2, 0.25) is 5.91 Å². The molecular formula is C19H22FN3O3S2. The van der Waals surface area contributed by atoms with E-state index < -0.39 is 0 Å². The molecule has 28 heavy (non-hydrogen) atoms. The van der Waals surface area contributed by atoms with Crippen LogP contribution in [0.2, 0.25) is 0 Å². The lowest BCUT2D eigenvalue weighted by Crippen LogP contribution is -2.28. The van der Waals surface area contributed by atoms with Gasteiger partial charge < -0.3 is 10.1 Å². The Morgan fingerprint density at radius 1 is 1.43 bits per heavy atom. The number of hydrogen-bond donors (Lipinski definition) is 1. The highest BCUT2D eigenvalue weighted by atomic mass is 32.2. The van der Waals surface area contributed by atoms with E-state index in [0.717, 1.165) is 17.7 Å². The van der Waals surface area contributed by atoms with E-state index in [-0.39, 0.29) is 23.0 Å². The van der Waals surface area contributed by atoms with E-state index in [2.05, 4.69) is 17.2 Å². The number of hydrogen-bond acceptors (Lipinski definition) is 6. The molecule has 0 aliphatic carbocycles. The molecule has 0 bridgehead atoms. The van der Waals surface area contributed by atoms with Gasteiger partial charge in [-0.1, -0.05) is 30.8 Å². The van der Waals surface area contributed by atoms with E-state index in [1.807, 2.05) is 0 Å². The maximum absolute atomic E-state index is 12.9. The molecule has 1 aromatic heterocycles. The molecule has 1 aromatic carbocycles. The standard InChI is InChI=1S/C19H22FN3O3S2/c1-12-9-15-17(28-12)18(25)23(7-8-26-2)19(22-15)27-11-16(24)21-10-13-3-5-14(20)6-4-13/h3-6,12H,7-11H2,1-2H3,(H,21,24)/t12-/m1/s1. The van der Waals surface area contributed by atoms with Crippen LogP contribution in [-0.2, 0) is 29.0 Å². The number of aromatic nitrogens is 2. The van der Waals surface area contributed by atoms with E-state index in [9.17, 15) is 14.0 Å². The fourth-order valence-corrected chi connectivity index (χ4v) is 4.79. The molecule has 0 unspecified atom stereocenters. The summed E-state index contributed by atoms with van der Waals surface area (Å²) in [6.07, 6.45) is 0.755. The summed E-state index contributed by atoms with van der Waals surface area (Å²) >= 11 is 2.79. The average molecular weight is 424 g/mol. The number of nitrogens with one attached hydrogen (secondary N) is 1. The van der Waals surface area contributed by atoms with Crippen molar-refractivity contribution in [2.75, 3.05) is 19.5 Å². The minimum Gasteiger partial charge on any atom is -0.383 e. The normalized spacial score (nSPS) is 15.5. The van der Waals surface area contributed by atoms with Gasteiger partial charge in [-0.3, -0.25) is 14.2 Å². The summed E-state index contributed by atoms with van der Waals surface area (Å²) in [6.45, 7) is 3.18. The Kier molecular flexibility index (Phi) is 7.14. The maximum atomic E-state index is 12.9. The van der Waals surface area contributed by atoms with Crippen LogP contribution in [0.25, 0.3) is 0 Å². The number of thioether (sulfide) groups is 2. The summed E-state index contributed by atoms with van der Waals surface area (Å²) in [5.74, 6) is -0.345. The third kappa shape index (κ3) is 5.15. The lowest BCUT2D eigenvalue weighted by Gasteiger charge is -2.13. The summed E-state index contributed by atoms with van der Waals surface area (Å²) in [5, 5.41) is 3.66. The Morgan fingerprint density at radius 2 is 2.18 bits per heavy atom. The molecule has 2 aromatic rings. The molecule has 1 aliphatic heterocycles. The van der Waals surface area contributed by atoms with Gasteiger partial charge in [-0.2, -0.15) is 0 Å². The summed E-state index contributed by atoms with van der Waals surface area (Å²) in [4.78, 5) is 30.4. The number of halogens is 1. The van der Waals surface area contributed by atoms with Crippen LogP contribution >= 0.6 is 23.5 Å². The second kappa shape index (κ2) is 9.58. The third-order valence-corrected chi connectivity index (χ3v) is 6.41.